The van der Waals surface area contributed by atoms with Gasteiger partial charge >= 0.3 is 0 Å². The lowest BCUT2D eigenvalue weighted by Gasteiger charge is -2.23. The molecule has 3 rings (SSSR count). The quantitative estimate of drug-likeness (QED) is 0.497. The summed E-state index contributed by atoms with van der Waals surface area (Å²) in [6, 6.07) is 13.9. The lowest BCUT2D eigenvalue weighted by molar-refractivity contribution is -0.125. The van der Waals surface area contributed by atoms with Gasteiger partial charge < -0.3 is 10.6 Å². The third kappa shape index (κ3) is 6.23. The Morgan fingerprint density at radius 1 is 1.03 bits per heavy atom. The molecule has 8 heteroatoms. The lowest BCUT2D eigenvalue weighted by atomic mass is 9.83. The first-order chi connectivity index (χ1) is 15.1. The van der Waals surface area contributed by atoms with E-state index >= 15 is 0 Å². The number of anilines is 1. The van der Waals surface area contributed by atoms with Crippen LogP contribution in [-0.4, -0.2) is 28.1 Å². The molecule has 0 saturated heterocycles. The van der Waals surface area contributed by atoms with Gasteiger partial charge in [0.05, 0.1) is 6.42 Å². The number of hydrogen-bond donors (Lipinski definition) is 3. The standard InChI is InChI=1S/C24H26F2N4O2/c1-15(27-22(31)11-17-9-18(25)12-19(26)10-17)23(32)28-21-13-20(29-30-21)24(2,3)14-16-7-5-4-6-8-16/h4-10,12-13,15H,11,14H2,1-3H3,(H,27,31)(H2,28,29,30,32)/t15-/m0/s1. The molecule has 0 saturated carbocycles. The third-order valence-electron chi connectivity index (χ3n) is 5.10. The van der Waals surface area contributed by atoms with Crippen LogP contribution in [0.1, 0.15) is 37.6 Å². The maximum atomic E-state index is 13.3. The van der Waals surface area contributed by atoms with Crippen LogP contribution in [0.3, 0.4) is 0 Å². The minimum Gasteiger partial charge on any atom is -0.344 e. The van der Waals surface area contributed by atoms with Gasteiger partial charge in [-0.25, -0.2) is 8.78 Å². The van der Waals surface area contributed by atoms with Gasteiger partial charge in [-0.05, 0) is 36.6 Å². The minimum absolute atomic E-state index is 0.185. The van der Waals surface area contributed by atoms with Crippen molar-refractivity contribution in [2.75, 3.05) is 5.32 Å². The maximum Gasteiger partial charge on any atom is 0.247 e. The van der Waals surface area contributed by atoms with Crippen LogP contribution in [0.15, 0.2) is 54.6 Å². The van der Waals surface area contributed by atoms with Gasteiger partial charge in [0.2, 0.25) is 11.8 Å². The summed E-state index contributed by atoms with van der Waals surface area (Å²) in [5, 5.41) is 12.3. The van der Waals surface area contributed by atoms with Crippen LogP contribution < -0.4 is 10.6 Å². The zero-order chi connectivity index (χ0) is 23.3. The molecule has 3 aromatic rings. The van der Waals surface area contributed by atoms with Crippen molar-refractivity contribution in [3.63, 3.8) is 0 Å². The molecule has 3 N–H and O–H groups in total. The summed E-state index contributed by atoms with van der Waals surface area (Å²) in [4.78, 5) is 24.6. The second kappa shape index (κ2) is 9.72. The summed E-state index contributed by atoms with van der Waals surface area (Å²) in [7, 11) is 0. The normalized spacial score (nSPS) is 12.3. The number of hydrogen-bond acceptors (Lipinski definition) is 3. The Labute approximate surface area is 185 Å². The fraction of sp³-hybridized carbons (Fsp3) is 0.292. The largest absolute Gasteiger partial charge is 0.344 e. The highest BCUT2D eigenvalue weighted by atomic mass is 19.1. The average Bonchev–Trinajstić information content (AvgIpc) is 3.17. The zero-order valence-electron chi connectivity index (χ0n) is 18.2. The molecule has 0 fully saturated rings. The average molecular weight is 440 g/mol. The third-order valence-corrected chi connectivity index (χ3v) is 5.10. The summed E-state index contributed by atoms with van der Waals surface area (Å²) in [6.45, 7) is 5.68. The van der Waals surface area contributed by atoms with Gasteiger partial charge in [0.15, 0.2) is 5.82 Å². The number of nitrogens with zero attached hydrogens (tertiary/aromatic N) is 1. The monoisotopic (exact) mass is 440 g/mol. The van der Waals surface area contributed by atoms with E-state index in [1.165, 1.54) is 12.5 Å². The number of aromatic nitrogens is 2. The van der Waals surface area contributed by atoms with Gasteiger partial charge in [0.25, 0.3) is 0 Å². The van der Waals surface area contributed by atoms with Crippen LogP contribution in [0.2, 0.25) is 0 Å². The molecule has 0 aliphatic carbocycles. The van der Waals surface area contributed by atoms with E-state index in [-0.39, 0.29) is 17.4 Å². The predicted molar refractivity (Wildman–Crippen MR) is 118 cm³/mol. The molecule has 1 atom stereocenters. The van der Waals surface area contributed by atoms with Crippen molar-refractivity contribution in [1.82, 2.24) is 15.5 Å². The number of H-pyrrole nitrogens is 1. The number of nitrogens with one attached hydrogen (secondary N) is 3. The van der Waals surface area contributed by atoms with Gasteiger partial charge in [0.1, 0.15) is 17.7 Å². The number of benzene rings is 2. The highest BCUT2D eigenvalue weighted by molar-refractivity contribution is 5.96. The predicted octanol–water partition coefficient (Wildman–Crippen LogP) is 3.89. The van der Waals surface area contributed by atoms with E-state index in [1.54, 1.807) is 6.07 Å². The molecule has 0 spiro atoms. The molecule has 0 aliphatic rings. The minimum atomic E-state index is -0.863. The summed E-state index contributed by atoms with van der Waals surface area (Å²) in [5.41, 5.74) is 2.00. The van der Waals surface area contributed by atoms with Crippen LogP contribution >= 0.6 is 0 Å². The van der Waals surface area contributed by atoms with E-state index in [0.29, 0.717) is 5.82 Å². The highest BCUT2D eigenvalue weighted by Crippen LogP contribution is 2.27. The Morgan fingerprint density at radius 2 is 1.69 bits per heavy atom. The summed E-state index contributed by atoms with van der Waals surface area (Å²) in [5.74, 6) is -2.15. The summed E-state index contributed by atoms with van der Waals surface area (Å²) >= 11 is 0. The van der Waals surface area contributed by atoms with Crippen molar-refractivity contribution in [2.45, 2.75) is 45.1 Å². The molecule has 1 heterocycles. The maximum absolute atomic E-state index is 13.3. The summed E-state index contributed by atoms with van der Waals surface area (Å²) < 4.78 is 26.5. The number of carbonyl (C=O) groups is 2. The number of amides is 2. The van der Waals surface area contributed by atoms with Crippen molar-refractivity contribution >= 4 is 17.6 Å². The molecule has 32 heavy (non-hydrogen) atoms. The van der Waals surface area contributed by atoms with E-state index in [9.17, 15) is 18.4 Å². The molecular formula is C24H26F2N4O2. The fourth-order valence-electron chi connectivity index (χ4n) is 3.42. The molecule has 0 aliphatic heterocycles. The van der Waals surface area contributed by atoms with Crippen molar-refractivity contribution in [3.05, 3.63) is 83.1 Å². The Kier molecular flexibility index (Phi) is 7.02. The first-order valence-corrected chi connectivity index (χ1v) is 10.3. The van der Waals surface area contributed by atoms with Gasteiger partial charge in [-0.2, -0.15) is 5.10 Å². The van der Waals surface area contributed by atoms with E-state index in [2.05, 4.69) is 46.8 Å². The Bertz CT molecular complexity index is 1080. The van der Waals surface area contributed by atoms with Gasteiger partial charge in [-0.15, -0.1) is 0 Å². The van der Waals surface area contributed by atoms with Crippen molar-refractivity contribution < 1.29 is 18.4 Å². The second-order valence-electron chi connectivity index (χ2n) is 8.45. The van der Waals surface area contributed by atoms with Crippen molar-refractivity contribution in [2.24, 2.45) is 0 Å². The SMILES string of the molecule is C[C@H](NC(=O)Cc1cc(F)cc(F)c1)C(=O)Nc1cc(C(C)(C)Cc2ccccc2)[nH]n1. The fourth-order valence-corrected chi connectivity index (χ4v) is 3.42. The van der Waals surface area contributed by atoms with E-state index in [1.807, 2.05) is 18.2 Å². The molecule has 168 valence electrons. The Hall–Kier alpha value is -3.55. The van der Waals surface area contributed by atoms with Crippen LogP contribution in [0.25, 0.3) is 0 Å². The number of halogens is 2. The molecule has 6 nitrogen and oxygen atoms in total. The van der Waals surface area contributed by atoms with Crippen molar-refractivity contribution in [3.8, 4) is 0 Å². The lowest BCUT2D eigenvalue weighted by Crippen LogP contribution is -2.42. The summed E-state index contributed by atoms with van der Waals surface area (Å²) in [6.07, 6.45) is 0.545. The molecule has 2 amide bonds. The van der Waals surface area contributed by atoms with Crippen LogP contribution in [0.4, 0.5) is 14.6 Å². The van der Waals surface area contributed by atoms with E-state index in [4.69, 9.17) is 0 Å². The number of carbonyl (C=O) groups excluding carboxylic acids is 2. The van der Waals surface area contributed by atoms with Gasteiger partial charge in [-0.3, -0.25) is 14.7 Å². The first-order valence-electron chi connectivity index (χ1n) is 10.3. The Balaban J connectivity index is 1.56. The molecule has 1 aromatic heterocycles. The van der Waals surface area contributed by atoms with Crippen LogP contribution in [-0.2, 0) is 27.8 Å². The van der Waals surface area contributed by atoms with Gasteiger partial charge in [-0.1, -0.05) is 44.2 Å². The second-order valence-corrected chi connectivity index (χ2v) is 8.45. The molecule has 0 radical (unpaired) electrons. The van der Waals surface area contributed by atoms with Crippen LogP contribution in [0.5, 0.6) is 0 Å². The van der Waals surface area contributed by atoms with E-state index in [0.717, 1.165) is 30.3 Å². The van der Waals surface area contributed by atoms with Crippen molar-refractivity contribution in [1.29, 1.82) is 0 Å². The molecular weight excluding hydrogens is 414 g/mol. The van der Waals surface area contributed by atoms with Gasteiger partial charge in [0, 0.05) is 23.2 Å². The molecule has 2 aromatic carbocycles. The zero-order valence-corrected chi connectivity index (χ0v) is 18.2. The first kappa shape index (κ1) is 23.1. The van der Waals surface area contributed by atoms with E-state index < -0.39 is 29.5 Å². The van der Waals surface area contributed by atoms with Crippen LogP contribution in [0, 0.1) is 11.6 Å². The Morgan fingerprint density at radius 3 is 2.34 bits per heavy atom. The topological polar surface area (TPSA) is 86.9 Å². The molecule has 0 unspecified atom stereocenters. The number of aromatic amines is 1. The molecule has 0 bridgehead atoms. The highest BCUT2D eigenvalue weighted by Gasteiger charge is 2.25. The smallest absolute Gasteiger partial charge is 0.247 e. The number of rotatable bonds is 8.